The zero-order chi connectivity index (χ0) is 14.3. The van der Waals surface area contributed by atoms with Gasteiger partial charge in [-0.2, -0.15) is 0 Å². The van der Waals surface area contributed by atoms with E-state index in [1.54, 1.807) is 5.57 Å². The van der Waals surface area contributed by atoms with E-state index in [-0.39, 0.29) is 6.10 Å². The quantitative estimate of drug-likeness (QED) is 0.675. The fourth-order valence-electron chi connectivity index (χ4n) is 2.91. The van der Waals surface area contributed by atoms with Crippen molar-refractivity contribution in [1.82, 2.24) is 4.90 Å². The van der Waals surface area contributed by atoms with Crippen molar-refractivity contribution in [3.05, 3.63) is 11.6 Å². The summed E-state index contributed by atoms with van der Waals surface area (Å²) in [5.41, 5.74) is 1.67. The van der Waals surface area contributed by atoms with E-state index in [2.05, 4.69) is 31.7 Å². The summed E-state index contributed by atoms with van der Waals surface area (Å²) < 4.78 is 0. The Morgan fingerprint density at radius 3 is 2.58 bits per heavy atom. The monoisotopic (exact) mass is 267 g/mol. The van der Waals surface area contributed by atoms with Crippen molar-refractivity contribution in [2.24, 2.45) is 11.8 Å². The van der Waals surface area contributed by atoms with Crippen LogP contribution in [-0.4, -0.2) is 35.7 Å². The Morgan fingerprint density at radius 1 is 1.32 bits per heavy atom. The molecule has 1 N–H and O–H groups in total. The van der Waals surface area contributed by atoms with Gasteiger partial charge in [-0.05, 0) is 51.0 Å². The molecule has 0 aliphatic carbocycles. The second-order valence-corrected chi connectivity index (χ2v) is 6.47. The summed E-state index contributed by atoms with van der Waals surface area (Å²) in [7, 11) is 0. The van der Waals surface area contributed by atoms with E-state index < -0.39 is 0 Å². The Balaban J connectivity index is 2.28. The summed E-state index contributed by atoms with van der Waals surface area (Å²) in [4.78, 5) is 2.52. The Bertz CT molecular complexity index is 272. The van der Waals surface area contributed by atoms with Crippen molar-refractivity contribution in [3.63, 3.8) is 0 Å². The van der Waals surface area contributed by atoms with Gasteiger partial charge in [0.15, 0.2) is 0 Å². The summed E-state index contributed by atoms with van der Waals surface area (Å²) in [6, 6.07) is 0. The summed E-state index contributed by atoms with van der Waals surface area (Å²) in [6.45, 7) is 12.4. The Labute approximate surface area is 119 Å². The van der Waals surface area contributed by atoms with Gasteiger partial charge in [0.05, 0.1) is 6.10 Å². The minimum absolute atomic E-state index is 0.147. The maximum absolute atomic E-state index is 9.27. The van der Waals surface area contributed by atoms with Gasteiger partial charge in [0, 0.05) is 13.1 Å². The van der Waals surface area contributed by atoms with Gasteiger partial charge < -0.3 is 5.11 Å². The molecule has 0 saturated carbocycles. The standard InChI is InChI=1S/C17H33NO/c1-5-14(2)13-15(3)17-8-11-18(12-9-17)10-6-7-16(4)19/h8,14-16,19H,5-7,9-13H2,1-4H3. The third kappa shape index (κ3) is 6.58. The number of nitrogens with zero attached hydrogens (tertiary/aromatic N) is 1. The highest BCUT2D eigenvalue weighted by molar-refractivity contribution is 5.10. The van der Waals surface area contributed by atoms with Crippen molar-refractivity contribution in [1.29, 1.82) is 0 Å². The molecule has 3 atom stereocenters. The van der Waals surface area contributed by atoms with Crippen LogP contribution < -0.4 is 0 Å². The molecule has 0 radical (unpaired) electrons. The lowest BCUT2D eigenvalue weighted by Gasteiger charge is -2.29. The van der Waals surface area contributed by atoms with Crippen LogP contribution in [0.25, 0.3) is 0 Å². The molecule has 2 nitrogen and oxygen atoms in total. The second-order valence-electron chi connectivity index (χ2n) is 6.47. The van der Waals surface area contributed by atoms with Crippen molar-refractivity contribution in [2.75, 3.05) is 19.6 Å². The number of aliphatic hydroxyl groups excluding tert-OH is 1. The Hall–Kier alpha value is -0.340. The topological polar surface area (TPSA) is 23.5 Å². The predicted octanol–water partition coefficient (Wildman–Crippen LogP) is 3.85. The van der Waals surface area contributed by atoms with Crippen molar-refractivity contribution in [3.8, 4) is 0 Å². The van der Waals surface area contributed by atoms with Gasteiger partial charge in [0.1, 0.15) is 0 Å². The smallest absolute Gasteiger partial charge is 0.0512 e. The van der Waals surface area contributed by atoms with E-state index in [1.807, 2.05) is 6.92 Å². The number of rotatable bonds is 8. The molecule has 0 amide bonds. The summed E-state index contributed by atoms with van der Waals surface area (Å²) in [5, 5.41) is 9.27. The SMILES string of the molecule is CCC(C)CC(C)C1=CCN(CCCC(C)O)CC1. The number of hydrogen-bond donors (Lipinski definition) is 1. The van der Waals surface area contributed by atoms with Crippen LogP contribution in [0.5, 0.6) is 0 Å². The fraction of sp³-hybridized carbons (Fsp3) is 0.882. The molecule has 1 heterocycles. The van der Waals surface area contributed by atoms with Crippen molar-refractivity contribution >= 4 is 0 Å². The molecule has 0 aromatic rings. The first-order chi connectivity index (χ1) is 9.02. The van der Waals surface area contributed by atoms with Gasteiger partial charge in [0.25, 0.3) is 0 Å². The third-order valence-corrected chi connectivity index (χ3v) is 4.51. The van der Waals surface area contributed by atoms with Gasteiger partial charge in [0.2, 0.25) is 0 Å². The van der Waals surface area contributed by atoms with Crippen molar-refractivity contribution < 1.29 is 5.11 Å². The largest absolute Gasteiger partial charge is 0.393 e. The average molecular weight is 267 g/mol. The summed E-state index contributed by atoms with van der Waals surface area (Å²) in [6.07, 6.45) is 8.23. The first kappa shape index (κ1) is 16.7. The second kappa shape index (κ2) is 8.76. The highest BCUT2D eigenvalue weighted by Gasteiger charge is 2.17. The van der Waals surface area contributed by atoms with Crippen LogP contribution in [-0.2, 0) is 0 Å². The van der Waals surface area contributed by atoms with Crippen LogP contribution in [0.15, 0.2) is 11.6 Å². The van der Waals surface area contributed by atoms with E-state index in [1.165, 1.54) is 25.8 Å². The summed E-state index contributed by atoms with van der Waals surface area (Å²) in [5.74, 6) is 1.61. The van der Waals surface area contributed by atoms with E-state index >= 15 is 0 Å². The highest BCUT2D eigenvalue weighted by atomic mass is 16.3. The van der Waals surface area contributed by atoms with E-state index in [0.29, 0.717) is 0 Å². The molecule has 0 fully saturated rings. The molecule has 19 heavy (non-hydrogen) atoms. The zero-order valence-corrected chi connectivity index (χ0v) is 13.4. The van der Waals surface area contributed by atoms with Crippen LogP contribution >= 0.6 is 0 Å². The van der Waals surface area contributed by atoms with Gasteiger partial charge in [-0.1, -0.05) is 38.8 Å². The van der Waals surface area contributed by atoms with Crippen LogP contribution in [0.3, 0.4) is 0 Å². The van der Waals surface area contributed by atoms with Crippen LogP contribution in [0.1, 0.15) is 59.8 Å². The molecule has 1 aliphatic heterocycles. The molecule has 1 rings (SSSR count). The molecule has 0 bridgehead atoms. The third-order valence-electron chi connectivity index (χ3n) is 4.51. The normalized spacial score (nSPS) is 21.8. The predicted molar refractivity (Wildman–Crippen MR) is 83.3 cm³/mol. The zero-order valence-electron chi connectivity index (χ0n) is 13.4. The van der Waals surface area contributed by atoms with E-state index in [0.717, 1.165) is 37.8 Å². The van der Waals surface area contributed by atoms with Gasteiger partial charge in [-0.25, -0.2) is 0 Å². The molecule has 2 heteroatoms. The molecule has 0 spiro atoms. The van der Waals surface area contributed by atoms with Crippen LogP contribution in [0.2, 0.25) is 0 Å². The maximum atomic E-state index is 9.27. The minimum atomic E-state index is -0.147. The van der Waals surface area contributed by atoms with Crippen LogP contribution in [0.4, 0.5) is 0 Å². The molecular weight excluding hydrogens is 234 g/mol. The molecular formula is C17H33NO. The first-order valence-corrected chi connectivity index (χ1v) is 8.12. The first-order valence-electron chi connectivity index (χ1n) is 8.12. The molecule has 3 unspecified atom stereocenters. The number of aliphatic hydroxyl groups is 1. The molecule has 0 aromatic heterocycles. The Morgan fingerprint density at radius 2 is 2.05 bits per heavy atom. The van der Waals surface area contributed by atoms with Gasteiger partial charge >= 0.3 is 0 Å². The molecule has 112 valence electrons. The van der Waals surface area contributed by atoms with Gasteiger partial charge in [-0.3, -0.25) is 4.90 Å². The molecule has 0 aromatic carbocycles. The lowest BCUT2D eigenvalue weighted by Crippen LogP contribution is -2.31. The van der Waals surface area contributed by atoms with Crippen LogP contribution in [0, 0.1) is 11.8 Å². The lowest BCUT2D eigenvalue weighted by molar-refractivity contribution is 0.171. The fourth-order valence-corrected chi connectivity index (χ4v) is 2.91. The maximum Gasteiger partial charge on any atom is 0.0512 e. The Kier molecular flexibility index (Phi) is 7.70. The summed E-state index contributed by atoms with van der Waals surface area (Å²) >= 11 is 0. The van der Waals surface area contributed by atoms with E-state index in [9.17, 15) is 5.11 Å². The van der Waals surface area contributed by atoms with E-state index in [4.69, 9.17) is 0 Å². The molecule has 0 saturated heterocycles. The lowest BCUT2D eigenvalue weighted by atomic mass is 9.87. The highest BCUT2D eigenvalue weighted by Crippen LogP contribution is 2.26. The molecule has 1 aliphatic rings. The number of hydrogen-bond acceptors (Lipinski definition) is 2. The average Bonchev–Trinajstić information content (AvgIpc) is 2.38. The van der Waals surface area contributed by atoms with Gasteiger partial charge in [-0.15, -0.1) is 0 Å². The minimum Gasteiger partial charge on any atom is -0.393 e. The van der Waals surface area contributed by atoms with Crippen molar-refractivity contribution in [2.45, 2.75) is 65.9 Å².